The summed E-state index contributed by atoms with van der Waals surface area (Å²) in [5, 5.41) is 5.14. The van der Waals surface area contributed by atoms with E-state index in [0.29, 0.717) is 5.95 Å². The van der Waals surface area contributed by atoms with E-state index in [2.05, 4.69) is 132 Å². The van der Waals surface area contributed by atoms with Crippen LogP contribution in [-0.2, 0) is 5.41 Å². The van der Waals surface area contributed by atoms with Crippen LogP contribution in [0.25, 0.3) is 81.4 Å². The minimum atomic E-state index is 0.103. The second-order valence-corrected chi connectivity index (χ2v) is 14.8. The van der Waals surface area contributed by atoms with Crippen molar-refractivity contribution in [3.63, 3.8) is 0 Å². The van der Waals surface area contributed by atoms with Crippen molar-refractivity contribution in [1.29, 1.82) is 0 Å². The van der Waals surface area contributed by atoms with Crippen molar-refractivity contribution < 1.29 is 0 Å². The van der Waals surface area contributed by atoms with Gasteiger partial charge >= 0.3 is 0 Å². The van der Waals surface area contributed by atoms with E-state index < -0.39 is 0 Å². The molecule has 1 spiro atoms. The smallest absolute Gasteiger partial charge is 0.235 e. The van der Waals surface area contributed by atoms with Gasteiger partial charge in [-0.15, -0.1) is 11.3 Å². The highest BCUT2D eigenvalue weighted by Crippen LogP contribution is 2.58. The highest BCUT2D eigenvalue weighted by molar-refractivity contribution is 7.26. The Kier molecular flexibility index (Phi) is 5.71. The normalized spacial score (nSPS) is 14.8. The number of rotatable bonds is 3. The molecule has 9 aromatic rings. The van der Waals surface area contributed by atoms with Crippen molar-refractivity contribution in [2.75, 3.05) is 0 Å². The predicted octanol–water partition coefficient (Wildman–Crippen LogP) is 12.1. The van der Waals surface area contributed by atoms with E-state index in [1.807, 2.05) is 23.6 Å². The van der Waals surface area contributed by atoms with Crippen LogP contribution in [0.2, 0.25) is 0 Å². The zero-order valence-corrected chi connectivity index (χ0v) is 27.7. The lowest BCUT2D eigenvalue weighted by molar-refractivity contribution is 0.550. The zero-order chi connectivity index (χ0) is 32.1. The van der Waals surface area contributed by atoms with Crippen molar-refractivity contribution in [1.82, 2.24) is 14.5 Å². The number of hydrogen-bond donors (Lipinski definition) is 0. The largest absolute Gasteiger partial charge is 0.278 e. The van der Waals surface area contributed by atoms with Gasteiger partial charge in [0.05, 0.1) is 16.7 Å². The summed E-state index contributed by atoms with van der Waals surface area (Å²) in [6.45, 7) is 0. The molecule has 3 aromatic heterocycles. The predicted molar refractivity (Wildman–Crippen MR) is 205 cm³/mol. The average Bonchev–Trinajstić information content (AvgIpc) is 3.94. The van der Waals surface area contributed by atoms with E-state index in [1.54, 1.807) is 0 Å². The number of thiophene rings is 1. The maximum atomic E-state index is 5.24. The molecule has 0 aliphatic heterocycles. The molecule has 0 atom stereocenters. The highest BCUT2D eigenvalue weighted by atomic mass is 32.1. The van der Waals surface area contributed by atoms with Gasteiger partial charge in [0, 0.05) is 48.1 Å². The quantitative estimate of drug-likeness (QED) is 0.191. The lowest BCUT2D eigenvalue weighted by atomic mass is 9.76. The van der Waals surface area contributed by atoms with Gasteiger partial charge in [0.15, 0.2) is 0 Å². The Morgan fingerprint density at radius 1 is 0.551 bits per heavy atom. The van der Waals surface area contributed by atoms with Crippen LogP contribution in [0.1, 0.15) is 36.8 Å². The fourth-order valence-electron chi connectivity index (χ4n) is 9.06. The highest BCUT2D eigenvalue weighted by Gasteiger charge is 2.45. The maximum Gasteiger partial charge on any atom is 0.235 e. The van der Waals surface area contributed by atoms with Crippen LogP contribution in [0.3, 0.4) is 0 Å². The number of para-hydroxylation sites is 1. The van der Waals surface area contributed by atoms with E-state index in [4.69, 9.17) is 9.97 Å². The van der Waals surface area contributed by atoms with E-state index in [1.165, 1.54) is 95.5 Å². The monoisotopic (exact) mass is 645 g/mol. The third kappa shape index (κ3) is 3.84. The third-order valence-electron chi connectivity index (χ3n) is 11.3. The molecule has 0 amide bonds. The molecule has 6 aromatic carbocycles. The first-order valence-corrected chi connectivity index (χ1v) is 18.1. The van der Waals surface area contributed by atoms with Gasteiger partial charge in [-0.3, -0.25) is 4.57 Å². The molecule has 1 fully saturated rings. The number of hydrogen-bond acceptors (Lipinski definition) is 3. The van der Waals surface area contributed by atoms with Gasteiger partial charge in [0.1, 0.15) is 0 Å². The molecule has 3 nitrogen and oxygen atoms in total. The lowest BCUT2D eigenvalue weighted by Gasteiger charge is -2.26. The molecule has 232 valence electrons. The van der Waals surface area contributed by atoms with Crippen LogP contribution in [0.4, 0.5) is 0 Å². The van der Waals surface area contributed by atoms with Crippen molar-refractivity contribution in [2.45, 2.75) is 31.1 Å². The standard InChI is InChI=1S/C45H31N3S/c1-4-15-37-31(10-1)35-26-36-32-11-2-5-16-40(32)48(41(36)27-38(35)45(37)23-7-8-24-45)44-46-25-22-39(47-44)29-20-18-28(19-21-29)30-13-9-14-34-33-12-3-6-17-42(33)49-43(30)34/h1-6,9-22,25-27H,7-8,23-24H2. The molecule has 2 aliphatic rings. The summed E-state index contributed by atoms with van der Waals surface area (Å²) in [5.74, 6) is 0.707. The van der Waals surface area contributed by atoms with Gasteiger partial charge in [0.25, 0.3) is 0 Å². The summed E-state index contributed by atoms with van der Waals surface area (Å²) in [6.07, 6.45) is 6.88. The molecule has 0 unspecified atom stereocenters. The zero-order valence-electron chi connectivity index (χ0n) is 26.9. The van der Waals surface area contributed by atoms with Crippen LogP contribution in [-0.4, -0.2) is 14.5 Å². The molecule has 1 saturated carbocycles. The number of fused-ring (bicyclic) bond motifs is 11. The van der Waals surface area contributed by atoms with Crippen LogP contribution in [0.15, 0.2) is 140 Å². The SMILES string of the molecule is c1ccc2c(c1)-c1cc3c4ccccc4n(-c4nccc(-c5ccc(-c6cccc7c6sc6ccccc67)cc5)n4)c3cc1C21CCCC1. The molecule has 49 heavy (non-hydrogen) atoms. The molecule has 4 heteroatoms. The summed E-state index contributed by atoms with van der Waals surface area (Å²) < 4.78 is 4.95. The third-order valence-corrected chi connectivity index (χ3v) is 12.5. The van der Waals surface area contributed by atoms with Crippen molar-refractivity contribution >= 4 is 53.3 Å². The molecule has 0 bridgehead atoms. The Morgan fingerprint density at radius 2 is 1.29 bits per heavy atom. The molecule has 2 aliphatic carbocycles. The van der Waals surface area contributed by atoms with Gasteiger partial charge in [-0.1, -0.05) is 116 Å². The molecule has 0 saturated heterocycles. The molecule has 0 radical (unpaired) electrons. The first-order chi connectivity index (χ1) is 24.3. The average molecular weight is 646 g/mol. The van der Waals surface area contributed by atoms with Crippen LogP contribution >= 0.6 is 11.3 Å². The van der Waals surface area contributed by atoms with Crippen LogP contribution in [0.5, 0.6) is 0 Å². The summed E-state index contributed by atoms with van der Waals surface area (Å²) in [4.78, 5) is 10.1. The Balaban J connectivity index is 1.05. The summed E-state index contributed by atoms with van der Waals surface area (Å²) in [5.41, 5.74) is 12.7. The second kappa shape index (κ2) is 10.2. The van der Waals surface area contributed by atoms with E-state index in [9.17, 15) is 0 Å². The summed E-state index contributed by atoms with van der Waals surface area (Å²) in [6, 6.07) is 49.0. The van der Waals surface area contributed by atoms with E-state index in [0.717, 1.165) is 16.8 Å². The number of benzene rings is 6. The second-order valence-electron chi connectivity index (χ2n) is 13.7. The van der Waals surface area contributed by atoms with Crippen molar-refractivity contribution in [3.05, 3.63) is 151 Å². The topological polar surface area (TPSA) is 30.7 Å². The summed E-state index contributed by atoms with van der Waals surface area (Å²) in [7, 11) is 0. The first kappa shape index (κ1) is 27.4. The van der Waals surface area contributed by atoms with Gasteiger partial charge in [0.2, 0.25) is 5.95 Å². The van der Waals surface area contributed by atoms with Crippen molar-refractivity contribution in [2.24, 2.45) is 0 Å². The van der Waals surface area contributed by atoms with Crippen molar-refractivity contribution in [3.8, 4) is 39.5 Å². The summed E-state index contributed by atoms with van der Waals surface area (Å²) >= 11 is 1.87. The van der Waals surface area contributed by atoms with Gasteiger partial charge < -0.3 is 0 Å². The van der Waals surface area contributed by atoms with E-state index in [-0.39, 0.29) is 5.41 Å². The fraction of sp³-hybridized carbons (Fsp3) is 0.111. The lowest BCUT2D eigenvalue weighted by Crippen LogP contribution is -2.20. The van der Waals surface area contributed by atoms with Crippen LogP contribution < -0.4 is 0 Å². The first-order valence-electron chi connectivity index (χ1n) is 17.3. The Hall–Kier alpha value is -5.58. The Bertz CT molecular complexity index is 2780. The van der Waals surface area contributed by atoms with Gasteiger partial charge in [-0.25, -0.2) is 9.97 Å². The Morgan fingerprint density at radius 3 is 2.18 bits per heavy atom. The minimum absolute atomic E-state index is 0.103. The van der Waals surface area contributed by atoms with Gasteiger partial charge in [-0.2, -0.15) is 0 Å². The molecule has 3 heterocycles. The molecular weight excluding hydrogens is 615 g/mol. The molecule has 0 N–H and O–H groups in total. The molecular formula is C45H31N3S. The Labute approximate surface area is 288 Å². The van der Waals surface area contributed by atoms with E-state index >= 15 is 0 Å². The van der Waals surface area contributed by atoms with Crippen LogP contribution in [0, 0.1) is 0 Å². The maximum absolute atomic E-state index is 5.24. The minimum Gasteiger partial charge on any atom is -0.278 e. The molecule has 11 rings (SSSR count). The number of nitrogens with zero attached hydrogens (tertiary/aromatic N) is 3. The fourth-order valence-corrected chi connectivity index (χ4v) is 10.3. The number of aromatic nitrogens is 3. The van der Waals surface area contributed by atoms with Gasteiger partial charge in [-0.05, 0) is 76.6 Å².